The van der Waals surface area contributed by atoms with Crippen LogP contribution in [0, 0.1) is 18.6 Å². The summed E-state index contributed by atoms with van der Waals surface area (Å²) >= 11 is 0. The summed E-state index contributed by atoms with van der Waals surface area (Å²) in [5.74, 6) is -1.03. The first kappa shape index (κ1) is 12.7. The minimum atomic E-state index is -0.516. The summed E-state index contributed by atoms with van der Waals surface area (Å²) in [6.45, 7) is 3.42. The van der Waals surface area contributed by atoms with Crippen LogP contribution in [-0.2, 0) is 13.1 Å². The average Bonchev–Trinajstić information content (AvgIpc) is 2.73. The molecule has 0 radical (unpaired) electrons. The van der Waals surface area contributed by atoms with Gasteiger partial charge in [-0.1, -0.05) is 6.07 Å². The van der Waals surface area contributed by atoms with Crippen LogP contribution in [0.4, 0.5) is 8.78 Å². The third-order valence-corrected chi connectivity index (χ3v) is 2.64. The molecule has 0 aliphatic carbocycles. The molecular formula is C13H15F2N3. The second-order valence-electron chi connectivity index (χ2n) is 4.16. The van der Waals surface area contributed by atoms with Crippen molar-refractivity contribution in [1.29, 1.82) is 0 Å². The molecule has 2 rings (SSSR count). The molecule has 1 aromatic heterocycles. The Morgan fingerprint density at radius 3 is 2.61 bits per heavy atom. The lowest BCUT2D eigenvalue weighted by Gasteiger charge is -2.07. The van der Waals surface area contributed by atoms with Crippen molar-refractivity contribution >= 4 is 0 Å². The molecule has 96 valence electrons. The zero-order valence-electron chi connectivity index (χ0n) is 10.2. The van der Waals surface area contributed by atoms with Gasteiger partial charge in [0.15, 0.2) is 0 Å². The van der Waals surface area contributed by atoms with Crippen LogP contribution in [0.2, 0.25) is 0 Å². The molecule has 1 N–H and O–H groups in total. The third kappa shape index (κ3) is 3.13. The summed E-state index contributed by atoms with van der Waals surface area (Å²) in [5, 5.41) is 7.12. The number of aromatic nitrogens is 2. The molecule has 0 unspecified atom stereocenters. The molecule has 0 spiro atoms. The van der Waals surface area contributed by atoms with Crippen molar-refractivity contribution in [3.8, 4) is 0 Å². The molecule has 5 heteroatoms. The van der Waals surface area contributed by atoms with Crippen molar-refractivity contribution in [1.82, 2.24) is 15.1 Å². The summed E-state index contributed by atoms with van der Waals surface area (Å²) < 4.78 is 28.4. The minimum Gasteiger partial charge on any atom is -0.311 e. The Hall–Kier alpha value is -1.75. The predicted octanol–water partition coefficient (Wildman–Crippen LogP) is 2.26. The van der Waals surface area contributed by atoms with Gasteiger partial charge in [-0.25, -0.2) is 8.78 Å². The van der Waals surface area contributed by atoms with Gasteiger partial charge in [-0.15, -0.1) is 0 Å². The molecule has 0 amide bonds. The van der Waals surface area contributed by atoms with Crippen LogP contribution in [0.15, 0.2) is 30.6 Å². The van der Waals surface area contributed by atoms with Crippen molar-refractivity contribution < 1.29 is 8.78 Å². The summed E-state index contributed by atoms with van der Waals surface area (Å²) in [6.07, 6.45) is 3.70. The van der Waals surface area contributed by atoms with E-state index in [9.17, 15) is 8.78 Å². The molecule has 1 heterocycles. The van der Waals surface area contributed by atoms with Crippen molar-refractivity contribution in [3.05, 3.63) is 53.4 Å². The van der Waals surface area contributed by atoms with Gasteiger partial charge in [0, 0.05) is 24.8 Å². The van der Waals surface area contributed by atoms with E-state index in [-0.39, 0.29) is 12.1 Å². The highest BCUT2D eigenvalue weighted by Crippen LogP contribution is 2.11. The normalized spacial score (nSPS) is 10.8. The standard InChI is InChI=1S/C13H15F2N3/c1-10-7-17-18(9-10)6-5-16-8-11-12(14)3-2-4-13(11)15/h2-4,7,9,16H,5-6,8H2,1H3. The maximum atomic E-state index is 13.3. The van der Waals surface area contributed by atoms with Gasteiger partial charge in [0.05, 0.1) is 12.7 Å². The number of nitrogens with one attached hydrogen (secondary N) is 1. The van der Waals surface area contributed by atoms with Gasteiger partial charge in [0.2, 0.25) is 0 Å². The molecule has 0 saturated heterocycles. The van der Waals surface area contributed by atoms with Crippen LogP contribution >= 0.6 is 0 Å². The molecule has 0 aliphatic heterocycles. The summed E-state index contributed by atoms with van der Waals surface area (Å²) in [5.41, 5.74) is 1.17. The Labute approximate surface area is 104 Å². The number of benzene rings is 1. The first-order valence-corrected chi connectivity index (χ1v) is 5.79. The topological polar surface area (TPSA) is 29.9 Å². The monoisotopic (exact) mass is 251 g/mol. The first-order valence-electron chi connectivity index (χ1n) is 5.79. The van der Waals surface area contributed by atoms with Crippen LogP contribution in [0.5, 0.6) is 0 Å². The molecule has 3 nitrogen and oxygen atoms in total. The van der Waals surface area contributed by atoms with Gasteiger partial charge in [-0.2, -0.15) is 5.10 Å². The van der Waals surface area contributed by atoms with Crippen molar-refractivity contribution in [2.75, 3.05) is 6.54 Å². The van der Waals surface area contributed by atoms with Gasteiger partial charge < -0.3 is 5.32 Å². The van der Waals surface area contributed by atoms with Crippen LogP contribution in [0.3, 0.4) is 0 Å². The Bertz CT molecular complexity index is 502. The van der Waals surface area contributed by atoms with E-state index in [2.05, 4.69) is 10.4 Å². The molecule has 0 fully saturated rings. The van der Waals surface area contributed by atoms with E-state index in [4.69, 9.17) is 0 Å². The number of hydrogen-bond acceptors (Lipinski definition) is 2. The van der Waals surface area contributed by atoms with E-state index in [1.54, 1.807) is 10.9 Å². The fourth-order valence-corrected chi connectivity index (χ4v) is 1.70. The van der Waals surface area contributed by atoms with Crippen molar-refractivity contribution in [2.24, 2.45) is 0 Å². The summed E-state index contributed by atoms with van der Waals surface area (Å²) in [4.78, 5) is 0. The first-order chi connectivity index (χ1) is 8.66. The molecule has 0 aliphatic rings. The zero-order chi connectivity index (χ0) is 13.0. The highest BCUT2D eigenvalue weighted by molar-refractivity contribution is 5.19. The number of halogens is 2. The average molecular weight is 251 g/mol. The maximum Gasteiger partial charge on any atom is 0.130 e. The smallest absolute Gasteiger partial charge is 0.130 e. The largest absolute Gasteiger partial charge is 0.311 e. The van der Waals surface area contributed by atoms with Crippen LogP contribution < -0.4 is 5.32 Å². The van der Waals surface area contributed by atoms with Gasteiger partial charge >= 0.3 is 0 Å². The van der Waals surface area contributed by atoms with Crippen LogP contribution in [0.25, 0.3) is 0 Å². The lowest BCUT2D eigenvalue weighted by Crippen LogP contribution is -2.21. The molecule has 0 atom stereocenters. The highest BCUT2D eigenvalue weighted by Gasteiger charge is 2.07. The molecular weight excluding hydrogens is 236 g/mol. The third-order valence-electron chi connectivity index (χ3n) is 2.64. The van der Waals surface area contributed by atoms with E-state index >= 15 is 0 Å². The number of rotatable bonds is 5. The number of nitrogens with zero attached hydrogens (tertiary/aromatic N) is 2. The van der Waals surface area contributed by atoms with E-state index in [1.165, 1.54) is 18.2 Å². The lowest BCUT2D eigenvalue weighted by atomic mass is 10.2. The highest BCUT2D eigenvalue weighted by atomic mass is 19.1. The summed E-state index contributed by atoms with van der Waals surface area (Å²) in [7, 11) is 0. The Kier molecular flexibility index (Phi) is 4.04. The quantitative estimate of drug-likeness (QED) is 0.826. The van der Waals surface area contributed by atoms with Gasteiger partial charge in [0.1, 0.15) is 11.6 Å². The SMILES string of the molecule is Cc1cnn(CCNCc2c(F)cccc2F)c1. The molecule has 0 saturated carbocycles. The van der Waals surface area contributed by atoms with E-state index in [0.29, 0.717) is 13.1 Å². The van der Waals surface area contributed by atoms with Crippen molar-refractivity contribution in [2.45, 2.75) is 20.0 Å². The van der Waals surface area contributed by atoms with Crippen LogP contribution in [-0.4, -0.2) is 16.3 Å². The zero-order valence-corrected chi connectivity index (χ0v) is 10.2. The Morgan fingerprint density at radius 2 is 2.00 bits per heavy atom. The van der Waals surface area contributed by atoms with Gasteiger partial charge in [-0.3, -0.25) is 4.68 Å². The van der Waals surface area contributed by atoms with Crippen LogP contribution in [0.1, 0.15) is 11.1 Å². The molecule has 1 aromatic carbocycles. The van der Waals surface area contributed by atoms with E-state index < -0.39 is 11.6 Å². The molecule has 0 bridgehead atoms. The second kappa shape index (κ2) is 5.73. The number of aryl methyl sites for hydroxylation is 1. The molecule has 18 heavy (non-hydrogen) atoms. The Balaban J connectivity index is 1.82. The van der Waals surface area contributed by atoms with Gasteiger partial charge in [0.25, 0.3) is 0 Å². The lowest BCUT2D eigenvalue weighted by molar-refractivity contribution is 0.514. The fraction of sp³-hybridized carbons (Fsp3) is 0.308. The van der Waals surface area contributed by atoms with E-state index in [0.717, 1.165) is 5.56 Å². The van der Waals surface area contributed by atoms with Crippen molar-refractivity contribution in [3.63, 3.8) is 0 Å². The van der Waals surface area contributed by atoms with Gasteiger partial charge in [-0.05, 0) is 24.6 Å². The minimum absolute atomic E-state index is 0.0779. The predicted molar refractivity (Wildman–Crippen MR) is 65.0 cm³/mol. The molecule has 2 aromatic rings. The fourth-order valence-electron chi connectivity index (χ4n) is 1.70. The maximum absolute atomic E-state index is 13.3. The summed E-state index contributed by atoms with van der Waals surface area (Å²) in [6, 6.07) is 3.88. The Morgan fingerprint density at radius 1 is 1.28 bits per heavy atom. The number of hydrogen-bond donors (Lipinski definition) is 1. The second-order valence-corrected chi connectivity index (χ2v) is 4.16. The van der Waals surface area contributed by atoms with E-state index in [1.807, 2.05) is 13.1 Å².